The molecule has 0 saturated carbocycles. The average Bonchev–Trinajstić information content (AvgIpc) is 2.26. The second kappa shape index (κ2) is 4.97. The molecule has 0 aliphatic rings. The van der Waals surface area contributed by atoms with Crippen LogP contribution >= 0.6 is 0 Å². The summed E-state index contributed by atoms with van der Waals surface area (Å²) in [4.78, 5) is 0. The summed E-state index contributed by atoms with van der Waals surface area (Å²) >= 11 is 0. The van der Waals surface area contributed by atoms with E-state index in [1.165, 1.54) is 0 Å². The summed E-state index contributed by atoms with van der Waals surface area (Å²) in [6, 6.07) is 2.02. The highest BCUT2D eigenvalue weighted by Gasteiger charge is 2.24. The summed E-state index contributed by atoms with van der Waals surface area (Å²) in [5, 5.41) is 0. The van der Waals surface area contributed by atoms with Crippen LogP contribution in [0, 0.1) is 29.1 Å². The minimum Gasteiger partial charge on any atom is -0.320 e. The zero-order valence-corrected chi connectivity index (χ0v) is 9.43. The predicted molar refractivity (Wildman–Crippen MR) is 58.7 cm³/mol. The molecule has 6 heteroatoms. The Bertz CT molecular complexity index is 583. The van der Waals surface area contributed by atoms with E-state index in [1.807, 2.05) is 0 Å². The largest absolute Gasteiger partial charge is 0.320 e. The van der Waals surface area contributed by atoms with Crippen molar-refractivity contribution in [3.05, 3.63) is 70.5 Å². The van der Waals surface area contributed by atoms with Crippen molar-refractivity contribution >= 4 is 0 Å². The molecule has 100 valence electrons. The Morgan fingerprint density at radius 1 is 0.737 bits per heavy atom. The second-order valence-electron chi connectivity index (χ2n) is 3.90. The molecular weight excluding hydrogens is 265 g/mol. The maximum Gasteiger partial charge on any atom is 0.134 e. The zero-order chi connectivity index (χ0) is 14.2. The summed E-state index contributed by atoms with van der Waals surface area (Å²) in [7, 11) is 0. The molecule has 1 nitrogen and oxygen atoms in total. The van der Waals surface area contributed by atoms with E-state index in [0.29, 0.717) is 12.1 Å². The Hall–Kier alpha value is -1.95. The molecule has 0 radical (unpaired) electrons. The van der Waals surface area contributed by atoms with E-state index < -0.39 is 46.3 Å². The Kier molecular flexibility index (Phi) is 3.53. The number of rotatable bonds is 2. The topological polar surface area (TPSA) is 26.0 Å². The van der Waals surface area contributed by atoms with Gasteiger partial charge in [-0.05, 0) is 12.1 Å². The molecule has 0 aliphatic carbocycles. The molecule has 0 bridgehead atoms. The van der Waals surface area contributed by atoms with Crippen molar-refractivity contribution in [3.63, 3.8) is 0 Å². The van der Waals surface area contributed by atoms with Crippen LogP contribution in [0.5, 0.6) is 0 Å². The Morgan fingerprint density at radius 2 is 1.16 bits per heavy atom. The van der Waals surface area contributed by atoms with Gasteiger partial charge in [0.05, 0.1) is 6.04 Å². The number of nitrogens with two attached hydrogens (primary N) is 1. The fraction of sp³-hybridized carbons (Fsp3) is 0.0769. The lowest BCUT2D eigenvalue weighted by atomic mass is 9.97. The molecule has 1 unspecified atom stereocenters. The lowest BCUT2D eigenvalue weighted by molar-refractivity contribution is 0.497. The minimum absolute atomic E-state index is 0.400. The Labute approximate surface area is 105 Å². The number of hydrogen-bond donors (Lipinski definition) is 1. The highest BCUT2D eigenvalue weighted by atomic mass is 19.2. The van der Waals surface area contributed by atoms with Gasteiger partial charge in [0.1, 0.15) is 29.1 Å². The van der Waals surface area contributed by atoms with Gasteiger partial charge in [0.2, 0.25) is 0 Å². The van der Waals surface area contributed by atoms with Gasteiger partial charge in [-0.1, -0.05) is 6.07 Å². The molecule has 0 amide bonds. The summed E-state index contributed by atoms with van der Waals surface area (Å²) in [6.45, 7) is 0. The average molecular weight is 273 g/mol. The molecule has 0 spiro atoms. The maximum atomic E-state index is 13.5. The van der Waals surface area contributed by atoms with E-state index in [4.69, 9.17) is 5.73 Å². The third kappa shape index (κ3) is 2.44. The van der Waals surface area contributed by atoms with Crippen LogP contribution in [-0.4, -0.2) is 0 Å². The molecule has 1 atom stereocenters. The lowest BCUT2D eigenvalue weighted by Gasteiger charge is -2.16. The van der Waals surface area contributed by atoms with Gasteiger partial charge in [-0.15, -0.1) is 0 Å². The first-order chi connectivity index (χ1) is 8.91. The van der Waals surface area contributed by atoms with Crippen molar-refractivity contribution < 1.29 is 22.0 Å². The van der Waals surface area contributed by atoms with E-state index in [0.717, 1.165) is 18.2 Å². The van der Waals surface area contributed by atoms with Gasteiger partial charge in [-0.3, -0.25) is 0 Å². The summed E-state index contributed by atoms with van der Waals surface area (Å²) in [5.41, 5.74) is 4.03. The van der Waals surface area contributed by atoms with Gasteiger partial charge >= 0.3 is 0 Å². The molecule has 0 heterocycles. The van der Waals surface area contributed by atoms with E-state index in [2.05, 4.69) is 0 Å². The van der Waals surface area contributed by atoms with Crippen LogP contribution in [-0.2, 0) is 0 Å². The number of hydrogen-bond acceptors (Lipinski definition) is 1. The van der Waals surface area contributed by atoms with E-state index >= 15 is 0 Å². The van der Waals surface area contributed by atoms with Gasteiger partial charge < -0.3 is 5.73 Å². The molecule has 0 aliphatic heterocycles. The summed E-state index contributed by atoms with van der Waals surface area (Å²) < 4.78 is 66.8. The lowest BCUT2D eigenvalue weighted by Crippen LogP contribution is -2.19. The van der Waals surface area contributed by atoms with Crippen LogP contribution in [0.2, 0.25) is 0 Å². The van der Waals surface area contributed by atoms with Crippen LogP contribution in [0.3, 0.4) is 0 Å². The highest BCUT2D eigenvalue weighted by Crippen LogP contribution is 2.29. The van der Waals surface area contributed by atoms with E-state index in [-0.39, 0.29) is 0 Å². The monoisotopic (exact) mass is 273 g/mol. The smallest absolute Gasteiger partial charge is 0.134 e. The predicted octanol–water partition coefficient (Wildman–Crippen LogP) is 3.43. The molecule has 2 aromatic carbocycles. The number of benzene rings is 2. The van der Waals surface area contributed by atoms with Gasteiger partial charge in [0, 0.05) is 23.3 Å². The molecule has 19 heavy (non-hydrogen) atoms. The van der Waals surface area contributed by atoms with Crippen LogP contribution in [0.1, 0.15) is 17.2 Å². The normalized spacial score (nSPS) is 12.5. The first-order valence-electron chi connectivity index (χ1n) is 5.25. The quantitative estimate of drug-likeness (QED) is 0.833. The molecule has 2 rings (SSSR count). The van der Waals surface area contributed by atoms with Crippen LogP contribution < -0.4 is 5.73 Å². The summed E-state index contributed by atoms with van der Waals surface area (Å²) in [6.07, 6.45) is 0. The van der Waals surface area contributed by atoms with Crippen molar-refractivity contribution in [2.24, 2.45) is 5.73 Å². The summed E-state index contributed by atoms with van der Waals surface area (Å²) in [5.74, 6) is -5.80. The minimum atomic E-state index is -1.71. The fourth-order valence-corrected chi connectivity index (χ4v) is 1.80. The number of halogens is 5. The van der Waals surface area contributed by atoms with Crippen molar-refractivity contribution in [2.45, 2.75) is 6.04 Å². The molecule has 0 aromatic heterocycles. The maximum absolute atomic E-state index is 13.5. The third-order valence-corrected chi connectivity index (χ3v) is 2.67. The second-order valence-corrected chi connectivity index (χ2v) is 3.90. The zero-order valence-electron chi connectivity index (χ0n) is 9.43. The SMILES string of the molecule is NC(c1c(F)cccc1F)c1c(F)cc(F)cc1F. The molecule has 2 N–H and O–H groups in total. The van der Waals surface area contributed by atoms with Crippen molar-refractivity contribution in [2.75, 3.05) is 0 Å². The fourth-order valence-electron chi connectivity index (χ4n) is 1.80. The Morgan fingerprint density at radius 3 is 1.63 bits per heavy atom. The van der Waals surface area contributed by atoms with Gasteiger partial charge in [0.25, 0.3) is 0 Å². The van der Waals surface area contributed by atoms with Crippen molar-refractivity contribution in [1.82, 2.24) is 0 Å². The highest BCUT2D eigenvalue weighted by molar-refractivity contribution is 5.35. The van der Waals surface area contributed by atoms with E-state index in [9.17, 15) is 22.0 Å². The van der Waals surface area contributed by atoms with E-state index in [1.54, 1.807) is 0 Å². The Balaban J connectivity index is 2.60. The molecule has 0 fully saturated rings. The van der Waals surface area contributed by atoms with Crippen LogP contribution in [0.15, 0.2) is 30.3 Å². The van der Waals surface area contributed by atoms with Gasteiger partial charge in [-0.2, -0.15) is 0 Å². The first kappa shape index (κ1) is 13.5. The van der Waals surface area contributed by atoms with Gasteiger partial charge in [0.15, 0.2) is 0 Å². The first-order valence-corrected chi connectivity index (χ1v) is 5.25. The standard InChI is InChI=1S/C13H8F5N/c14-6-4-9(17)12(10(18)5-6)13(19)11-7(15)2-1-3-8(11)16/h1-5,13H,19H2. The molecule has 2 aromatic rings. The van der Waals surface area contributed by atoms with Crippen molar-refractivity contribution in [1.29, 1.82) is 0 Å². The van der Waals surface area contributed by atoms with Crippen LogP contribution in [0.4, 0.5) is 22.0 Å². The molecular formula is C13H8F5N. The van der Waals surface area contributed by atoms with Gasteiger partial charge in [-0.25, -0.2) is 22.0 Å². The third-order valence-electron chi connectivity index (χ3n) is 2.67. The molecule has 0 saturated heterocycles. The van der Waals surface area contributed by atoms with Crippen LogP contribution in [0.25, 0.3) is 0 Å². The van der Waals surface area contributed by atoms with Crippen molar-refractivity contribution in [3.8, 4) is 0 Å².